The van der Waals surface area contributed by atoms with E-state index in [1.54, 1.807) is 0 Å². The second-order valence-corrected chi connectivity index (χ2v) is 2.32. The molecule has 0 unspecified atom stereocenters. The van der Waals surface area contributed by atoms with E-state index < -0.39 is 0 Å². The average molecular weight is 178 g/mol. The van der Waals surface area contributed by atoms with Gasteiger partial charge in [0.1, 0.15) is 16.8 Å². The number of hydrogen-bond acceptors (Lipinski definition) is 3. The van der Waals surface area contributed by atoms with Gasteiger partial charge in [-0.15, -0.1) is 11.6 Å². The van der Waals surface area contributed by atoms with Crippen molar-refractivity contribution in [3.05, 3.63) is 17.0 Å². The Labute approximate surface area is 68.2 Å². The Morgan fingerprint density at radius 1 is 1.50 bits per heavy atom. The Kier molecular flexibility index (Phi) is 2.29. The molecule has 0 aliphatic heterocycles. The molecular formula is C5H5Cl2N3. The minimum Gasteiger partial charge on any atom is -0.384 e. The number of alkyl halides is 1. The van der Waals surface area contributed by atoms with Crippen LogP contribution in [0, 0.1) is 0 Å². The van der Waals surface area contributed by atoms with E-state index in [-0.39, 0.29) is 5.88 Å². The Bertz CT molecular complexity index is 218. The molecule has 3 nitrogen and oxygen atoms in total. The second kappa shape index (κ2) is 3.03. The molecule has 0 spiro atoms. The Morgan fingerprint density at radius 2 is 2.20 bits per heavy atom. The molecule has 0 saturated heterocycles. The van der Waals surface area contributed by atoms with E-state index in [4.69, 9.17) is 28.9 Å². The maximum Gasteiger partial charge on any atom is 0.147 e. The highest BCUT2D eigenvalue weighted by Crippen LogP contribution is 2.09. The first-order valence-corrected chi connectivity index (χ1v) is 3.48. The lowest BCUT2D eigenvalue weighted by atomic mass is 10.5. The lowest BCUT2D eigenvalue weighted by molar-refractivity contribution is 1.04. The largest absolute Gasteiger partial charge is 0.384 e. The van der Waals surface area contributed by atoms with Crippen LogP contribution >= 0.6 is 23.2 Å². The summed E-state index contributed by atoms with van der Waals surface area (Å²) in [6.45, 7) is 0. The van der Waals surface area contributed by atoms with Gasteiger partial charge in [-0.1, -0.05) is 11.6 Å². The zero-order valence-corrected chi connectivity index (χ0v) is 6.52. The van der Waals surface area contributed by atoms with Crippen molar-refractivity contribution in [1.29, 1.82) is 0 Å². The number of halogens is 2. The van der Waals surface area contributed by atoms with E-state index in [9.17, 15) is 0 Å². The third kappa shape index (κ3) is 1.72. The van der Waals surface area contributed by atoms with Crippen LogP contribution in [0.15, 0.2) is 6.07 Å². The molecule has 0 radical (unpaired) electrons. The standard InChI is InChI=1S/C5H5Cl2N3/c6-2-5-9-3(7)1-4(8)10-5/h1H,2H2,(H2,8,9,10). The van der Waals surface area contributed by atoms with Crippen LogP contribution in [-0.2, 0) is 5.88 Å². The predicted molar refractivity (Wildman–Crippen MR) is 41.0 cm³/mol. The third-order valence-corrected chi connectivity index (χ3v) is 1.31. The van der Waals surface area contributed by atoms with Crippen LogP contribution in [-0.4, -0.2) is 9.97 Å². The van der Waals surface area contributed by atoms with Gasteiger partial charge >= 0.3 is 0 Å². The summed E-state index contributed by atoms with van der Waals surface area (Å²) in [4.78, 5) is 7.60. The highest BCUT2D eigenvalue weighted by atomic mass is 35.5. The summed E-state index contributed by atoms with van der Waals surface area (Å²) in [5, 5.41) is 0.322. The van der Waals surface area contributed by atoms with Crippen LogP contribution in [0.25, 0.3) is 0 Å². The Balaban J connectivity index is 3.06. The van der Waals surface area contributed by atoms with Crippen LogP contribution in [0.5, 0.6) is 0 Å². The lowest BCUT2D eigenvalue weighted by Gasteiger charge is -1.95. The molecule has 0 atom stereocenters. The van der Waals surface area contributed by atoms with Gasteiger partial charge < -0.3 is 5.73 Å². The van der Waals surface area contributed by atoms with Crippen LogP contribution < -0.4 is 5.73 Å². The molecule has 54 valence electrons. The monoisotopic (exact) mass is 177 g/mol. The van der Waals surface area contributed by atoms with E-state index in [1.165, 1.54) is 6.07 Å². The number of nitrogens with two attached hydrogens (primary N) is 1. The fourth-order valence-electron chi connectivity index (χ4n) is 0.544. The molecule has 1 rings (SSSR count). The molecule has 0 aliphatic carbocycles. The maximum absolute atomic E-state index is 5.54. The molecule has 0 aromatic carbocycles. The molecule has 1 aromatic rings. The highest BCUT2D eigenvalue weighted by molar-refractivity contribution is 6.29. The quantitative estimate of drug-likeness (QED) is 0.523. The SMILES string of the molecule is Nc1cc(Cl)nc(CCl)n1. The zero-order chi connectivity index (χ0) is 7.56. The second-order valence-electron chi connectivity index (χ2n) is 1.67. The first-order valence-electron chi connectivity index (χ1n) is 2.57. The molecule has 0 saturated carbocycles. The van der Waals surface area contributed by atoms with Crippen molar-refractivity contribution in [3.8, 4) is 0 Å². The average Bonchev–Trinajstić information content (AvgIpc) is 1.85. The molecule has 5 heteroatoms. The maximum atomic E-state index is 5.54. The molecule has 0 bridgehead atoms. The van der Waals surface area contributed by atoms with Crippen LogP contribution in [0.3, 0.4) is 0 Å². The summed E-state index contributed by atoms with van der Waals surface area (Å²) in [6, 6.07) is 1.47. The molecular weight excluding hydrogens is 173 g/mol. The van der Waals surface area contributed by atoms with Crippen molar-refractivity contribution in [2.24, 2.45) is 0 Å². The molecule has 10 heavy (non-hydrogen) atoms. The van der Waals surface area contributed by atoms with Crippen molar-refractivity contribution in [2.45, 2.75) is 5.88 Å². The number of rotatable bonds is 1. The van der Waals surface area contributed by atoms with Gasteiger partial charge in [0, 0.05) is 6.07 Å². The summed E-state index contributed by atoms with van der Waals surface area (Å²) in [6.07, 6.45) is 0. The number of hydrogen-bond donors (Lipinski definition) is 1. The van der Waals surface area contributed by atoms with Gasteiger partial charge in [-0.05, 0) is 0 Å². The fraction of sp³-hybridized carbons (Fsp3) is 0.200. The van der Waals surface area contributed by atoms with Gasteiger partial charge in [0.15, 0.2) is 0 Å². The van der Waals surface area contributed by atoms with Gasteiger partial charge in [-0.3, -0.25) is 0 Å². The first-order chi connectivity index (χ1) is 4.72. The van der Waals surface area contributed by atoms with Crippen molar-refractivity contribution >= 4 is 29.0 Å². The molecule has 2 N–H and O–H groups in total. The molecule has 0 aliphatic rings. The highest BCUT2D eigenvalue weighted by Gasteiger charge is 1.97. The molecule has 1 aromatic heterocycles. The van der Waals surface area contributed by atoms with E-state index >= 15 is 0 Å². The smallest absolute Gasteiger partial charge is 0.147 e. The van der Waals surface area contributed by atoms with E-state index in [2.05, 4.69) is 9.97 Å². The summed E-state index contributed by atoms with van der Waals surface area (Å²) < 4.78 is 0. The third-order valence-electron chi connectivity index (χ3n) is 0.881. The summed E-state index contributed by atoms with van der Waals surface area (Å²) >= 11 is 11.0. The molecule has 0 amide bonds. The Hall–Kier alpha value is -0.540. The predicted octanol–water partition coefficient (Wildman–Crippen LogP) is 1.45. The fourth-order valence-corrected chi connectivity index (χ4v) is 0.873. The zero-order valence-electron chi connectivity index (χ0n) is 5.01. The van der Waals surface area contributed by atoms with Gasteiger partial charge in [0.25, 0.3) is 0 Å². The number of aromatic nitrogens is 2. The van der Waals surface area contributed by atoms with Crippen LogP contribution in [0.4, 0.5) is 5.82 Å². The normalized spacial score (nSPS) is 9.80. The van der Waals surface area contributed by atoms with Crippen molar-refractivity contribution in [3.63, 3.8) is 0 Å². The first kappa shape index (κ1) is 7.57. The van der Waals surface area contributed by atoms with Crippen LogP contribution in [0.2, 0.25) is 5.15 Å². The van der Waals surface area contributed by atoms with Crippen molar-refractivity contribution < 1.29 is 0 Å². The Morgan fingerprint density at radius 3 is 2.70 bits per heavy atom. The number of anilines is 1. The molecule has 1 heterocycles. The summed E-state index contributed by atoms with van der Waals surface area (Å²) in [5.74, 6) is 1.02. The molecule has 0 fully saturated rings. The van der Waals surface area contributed by atoms with Gasteiger partial charge in [-0.2, -0.15) is 0 Å². The van der Waals surface area contributed by atoms with Gasteiger partial charge in [-0.25, -0.2) is 9.97 Å². The van der Waals surface area contributed by atoms with Crippen molar-refractivity contribution in [2.75, 3.05) is 5.73 Å². The van der Waals surface area contributed by atoms with E-state index in [0.717, 1.165) is 0 Å². The minimum absolute atomic E-state index is 0.227. The number of nitrogens with zero attached hydrogens (tertiary/aromatic N) is 2. The van der Waals surface area contributed by atoms with Crippen molar-refractivity contribution in [1.82, 2.24) is 9.97 Å². The van der Waals surface area contributed by atoms with Gasteiger partial charge in [0.2, 0.25) is 0 Å². The topological polar surface area (TPSA) is 51.8 Å². The number of nitrogen functional groups attached to an aromatic ring is 1. The van der Waals surface area contributed by atoms with Crippen LogP contribution in [0.1, 0.15) is 5.82 Å². The van der Waals surface area contributed by atoms with E-state index in [0.29, 0.717) is 16.8 Å². The summed E-state index contributed by atoms with van der Waals surface area (Å²) in [5.41, 5.74) is 5.34. The minimum atomic E-state index is 0.227. The van der Waals surface area contributed by atoms with Gasteiger partial charge in [0.05, 0.1) is 5.88 Å². The van der Waals surface area contributed by atoms with E-state index in [1.807, 2.05) is 0 Å². The summed E-state index contributed by atoms with van der Waals surface area (Å²) in [7, 11) is 0. The lowest BCUT2D eigenvalue weighted by Crippen LogP contribution is -1.96.